The molecule has 2 heteroatoms. The Balaban J connectivity index is 2.35. The summed E-state index contributed by atoms with van der Waals surface area (Å²) in [4.78, 5) is 0. The molecular formula is C16H10Cl2. The van der Waals surface area contributed by atoms with Crippen LogP contribution in [-0.4, -0.2) is 0 Å². The van der Waals surface area contributed by atoms with Gasteiger partial charge in [-0.15, -0.1) is 0 Å². The van der Waals surface area contributed by atoms with E-state index in [0.717, 1.165) is 16.1 Å². The first-order valence-electron chi connectivity index (χ1n) is 5.69. The van der Waals surface area contributed by atoms with Crippen molar-refractivity contribution in [3.63, 3.8) is 0 Å². The second-order valence-electron chi connectivity index (χ2n) is 4.15. The molecule has 3 aromatic carbocycles. The van der Waals surface area contributed by atoms with Crippen LogP contribution in [0.2, 0.25) is 10.0 Å². The van der Waals surface area contributed by atoms with E-state index in [-0.39, 0.29) is 0 Å². The molecule has 0 aromatic heterocycles. The van der Waals surface area contributed by atoms with Crippen LogP contribution in [0.15, 0.2) is 60.7 Å². The maximum absolute atomic E-state index is 6.27. The van der Waals surface area contributed by atoms with Gasteiger partial charge >= 0.3 is 0 Å². The molecule has 0 saturated heterocycles. The van der Waals surface area contributed by atoms with Crippen molar-refractivity contribution < 1.29 is 0 Å². The Bertz CT molecular complexity index is 712. The van der Waals surface area contributed by atoms with Crippen LogP contribution in [0.25, 0.3) is 21.9 Å². The fourth-order valence-electron chi connectivity index (χ4n) is 2.16. The van der Waals surface area contributed by atoms with E-state index < -0.39 is 0 Å². The minimum absolute atomic E-state index is 0.697. The quantitative estimate of drug-likeness (QED) is 0.524. The highest BCUT2D eigenvalue weighted by molar-refractivity contribution is 6.35. The third kappa shape index (κ3) is 1.98. The summed E-state index contributed by atoms with van der Waals surface area (Å²) in [5.74, 6) is 0. The van der Waals surface area contributed by atoms with Gasteiger partial charge in [0, 0.05) is 15.6 Å². The average molecular weight is 273 g/mol. The molecule has 0 atom stereocenters. The van der Waals surface area contributed by atoms with E-state index >= 15 is 0 Å². The van der Waals surface area contributed by atoms with E-state index in [9.17, 15) is 0 Å². The first-order chi connectivity index (χ1) is 8.75. The summed E-state index contributed by atoms with van der Waals surface area (Å²) >= 11 is 12.3. The molecule has 3 rings (SSSR count). The summed E-state index contributed by atoms with van der Waals surface area (Å²) < 4.78 is 0. The molecule has 0 bridgehead atoms. The Labute approximate surface area is 116 Å². The molecule has 0 aliphatic heterocycles. The fourth-order valence-corrected chi connectivity index (χ4v) is 2.56. The molecule has 18 heavy (non-hydrogen) atoms. The summed E-state index contributed by atoms with van der Waals surface area (Å²) in [6.07, 6.45) is 0. The van der Waals surface area contributed by atoms with Crippen LogP contribution in [0.4, 0.5) is 0 Å². The summed E-state index contributed by atoms with van der Waals surface area (Å²) in [7, 11) is 0. The number of benzene rings is 3. The Hall–Kier alpha value is -1.50. The average Bonchev–Trinajstić information content (AvgIpc) is 2.41. The molecule has 0 aliphatic carbocycles. The van der Waals surface area contributed by atoms with Crippen molar-refractivity contribution in [3.8, 4) is 11.1 Å². The van der Waals surface area contributed by atoms with Crippen molar-refractivity contribution >= 4 is 34.0 Å². The monoisotopic (exact) mass is 272 g/mol. The van der Waals surface area contributed by atoms with Crippen LogP contribution in [0.3, 0.4) is 0 Å². The summed E-state index contributed by atoms with van der Waals surface area (Å²) in [5, 5.41) is 3.80. The van der Waals surface area contributed by atoms with Crippen molar-refractivity contribution in [2.24, 2.45) is 0 Å². The van der Waals surface area contributed by atoms with Gasteiger partial charge in [0.25, 0.3) is 0 Å². The molecule has 0 radical (unpaired) electrons. The van der Waals surface area contributed by atoms with Gasteiger partial charge in [-0.2, -0.15) is 0 Å². The molecule has 0 nitrogen and oxygen atoms in total. The Kier molecular flexibility index (Phi) is 2.99. The zero-order chi connectivity index (χ0) is 12.5. The highest BCUT2D eigenvalue weighted by Crippen LogP contribution is 2.34. The third-order valence-electron chi connectivity index (χ3n) is 3.01. The number of halogens is 2. The SMILES string of the molecule is Clc1ccc(Cl)c(-c2cccc3ccccc23)c1. The van der Waals surface area contributed by atoms with Gasteiger partial charge in [-0.05, 0) is 34.5 Å². The molecule has 0 heterocycles. The Morgan fingerprint density at radius 3 is 2.33 bits per heavy atom. The Morgan fingerprint density at radius 1 is 0.667 bits per heavy atom. The van der Waals surface area contributed by atoms with Crippen molar-refractivity contribution in [1.29, 1.82) is 0 Å². The smallest absolute Gasteiger partial charge is 0.0485 e. The lowest BCUT2D eigenvalue weighted by Gasteiger charge is -2.09. The molecule has 0 spiro atoms. The maximum Gasteiger partial charge on any atom is 0.0485 e. The van der Waals surface area contributed by atoms with Gasteiger partial charge in [0.15, 0.2) is 0 Å². The molecular weight excluding hydrogens is 263 g/mol. The van der Waals surface area contributed by atoms with Crippen LogP contribution in [0, 0.1) is 0 Å². The lowest BCUT2D eigenvalue weighted by molar-refractivity contribution is 1.65. The third-order valence-corrected chi connectivity index (χ3v) is 3.57. The van der Waals surface area contributed by atoms with Gasteiger partial charge < -0.3 is 0 Å². The van der Waals surface area contributed by atoms with Gasteiger partial charge in [-0.25, -0.2) is 0 Å². The highest BCUT2D eigenvalue weighted by atomic mass is 35.5. The minimum Gasteiger partial charge on any atom is -0.0843 e. The number of hydrogen-bond acceptors (Lipinski definition) is 0. The Morgan fingerprint density at radius 2 is 1.44 bits per heavy atom. The second kappa shape index (κ2) is 4.64. The molecule has 3 aromatic rings. The highest BCUT2D eigenvalue weighted by Gasteiger charge is 2.07. The van der Waals surface area contributed by atoms with E-state index in [1.54, 1.807) is 6.07 Å². The molecule has 0 saturated carbocycles. The maximum atomic E-state index is 6.27. The summed E-state index contributed by atoms with van der Waals surface area (Å²) in [6.45, 7) is 0. The zero-order valence-electron chi connectivity index (χ0n) is 9.53. The van der Waals surface area contributed by atoms with Gasteiger partial charge in [0.2, 0.25) is 0 Å². The molecule has 0 N–H and O–H groups in total. The molecule has 0 amide bonds. The van der Waals surface area contributed by atoms with E-state index in [0.29, 0.717) is 5.02 Å². The predicted molar refractivity (Wildman–Crippen MR) is 79.4 cm³/mol. The molecule has 0 fully saturated rings. The summed E-state index contributed by atoms with van der Waals surface area (Å²) in [6, 6.07) is 20.0. The molecule has 88 valence electrons. The predicted octanol–water partition coefficient (Wildman–Crippen LogP) is 5.81. The largest absolute Gasteiger partial charge is 0.0843 e. The topological polar surface area (TPSA) is 0 Å². The van der Waals surface area contributed by atoms with Crippen molar-refractivity contribution in [3.05, 3.63) is 70.7 Å². The lowest BCUT2D eigenvalue weighted by Crippen LogP contribution is -1.82. The lowest BCUT2D eigenvalue weighted by atomic mass is 9.98. The van der Waals surface area contributed by atoms with Crippen molar-refractivity contribution in [1.82, 2.24) is 0 Å². The molecule has 0 unspecified atom stereocenters. The zero-order valence-corrected chi connectivity index (χ0v) is 11.0. The van der Waals surface area contributed by atoms with Gasteiger partial charge in [-0.3, -0.25) is 0 Å². The van der Waals surface area contributed by atoms with Crippen LogP contribution in [0.5, 0.6) is 0 Å². The minimum atomic E-state index is 0.697. The van der Waals surface area contributed by atoms with E-state index in [4.69, 9.17) is 23.2 Å². The van der Waals surface area contributed by atoms with E-state index in [1.165, 1.54) is 10.8 Å². The van der Waals surface area contributed by atoms with Gasteiger partial charge in [0.1, 0.15) is 0 Å². The van der Waals surface area contributed by atoms with E-state index in [1.807, 2.05) is 30.3 Å². The summed E-state index contributed by atoms with van der Waals surface area (Å²) in [5.41, 5.74) is 2.08. The van der Waals surface area contributed by atoms with Crippen LogP contribution in [-0.2, 0) is 0 Å². The van der Waals surface area contributed by atoms with Crippen LogP contribution >= 0.6 is 23.2 Å². The number of fused-ring (bicyclic) bond motifs is 1. The number of rotatable bonds is 1. The van der Waals surface area contributed by atoms with Crippen LogP contribution < -0.4 is 0 Å². The van der Waals surface area contributed by atoms with Gasteiger partial charge in [-0.1, -0.05) is 65.7 Å². The first kappa shape index (κ1) is 11.6. The van der Waals surface area contributed by atoms with Crippen molar-refractivity contribution in [2.75, 3.05) is 0 Å². The number of hydrogen-bond donors (Lipinski definition) is 0. The fraction of sp³-hybridized carbons (Fsp3) is 0. The van der Waals surface area contributed by atoms with Crippen LogP contribution in [0.1, 0.15) is 0 Å². The second-order valence-corrected chi connectivity index (χ2v) is 4.99. The normalized spacial score (nSPS) is 10.8. The van der Waals surface area contributed by atoms with E-state index in [2.05, 4.69) is 24.3 Å². The van der Waals surface area contributed by atoms with Crippen molar-refractivity contribution in [2.45, 2.75) is 0 Å². The van der Waals surface area contributed by atoms with Gasteiger partial charge in [0.05, 0.1) is 0 Å². The standard InChI is InChI=1S/C16H10Cl2/c17-12-8-9-16(18)15(10-12)14-7-3-5-11-4-1-2-6-13(11)14/h1-10H. The molecule has 0 aliphatic rings. The first-order valence-corrected chi connectivity index (χ1v) is 6.44.